The SMILES string of the molecule is O[C@@H]1CCCC[C@H]1Nc1c(F)cc(F)cc1Br. The van der Waals surface area contributed by atoms with Gasteiger partial charge in [-0.15, -0.1) is 0 Å². The summed E-state index contributed by atoms with van der Waals surface area (Å²) in [7, 11) is 0. The van der Waals surface area contributed by atoms with Gasteiger partial charge >= 0.3 is 0 Å². The standard InChI is InChI=1S/C12H14BrF2NO/c13-8-5-7(14)6-9(15)12(8)16-10-3-1-2-4-11(10)17/h5-6,10-11,16-17H,1-4H2/t10-,11-/m1/s1. The Balaban J connectivity index is 2.17. The predicted octanol–water partition coefficient (Wildman–Crippen LogP) is 3.44. The van der Waals surface area contributed by atoms with Gasteiger partial charge in [-0.3, -0.25) is 0 Å². The Morgan fingerprint density at radius 1 is 1.24 bits per heavy atom. The Morgan fingerprint density at radius 3 is 2.59 bits per heavy atom. The second-order valence-electron chi connectivity index (χ2n) is 4.35. The fourth-order valence-corrected chi connectivity index (χ4v) is 2.67. The number of rotatable bonds is 2. The Hall–Kier alpha value is -0.680. The maximum absolute atomic E-state index is 13.6. The molecule has 0 aromatic heterocycles. The minimum absolute atomic E-state index is 0.167. The van der Waals surface area contributed by atoms with Crippen molar-refractivity contribution < 1.29 is 13.9 Å². The van der Waals surface area contributed by atoms with E-state index in [-0.39, 0.29) is 11.7 Å². The van der Waals surface area contributed by atoms with Crippen LogP contribution in [0.5, 0.6) is 0 Å². The van der Waals surface area contributed by atoms with Gasteiger partial charge in [0.05, 0.1) is 17.8 Å². The molecule has 17 heavy (non-hydrogen) atoms. The van der Waals surface area contributed by atoms with Crippen LogP contribution >= 0.6 is 15.9 Å². The van der Waals surface area contributed by atoms with Gasteiger partial charge in [0.2, 0.25) is 0 Å². The second kappa shape index (κ2) is 5.31. The number of hydrogen-bond acceptors (Lipinski definition) is 2. The van der Waals surface area contributed by atoms with Crippen LogP contribution in [0.3, 0.4) is 0 Å². The summed E-state index contributed by atoms with van der Waals surface area (Å²) < 4.78 is 26.8. The zero-order chi connectivity index (χ0) is 12.4. The molecule has 2 atom stereocenters. The average molecular weight is 306 g/mol. The van der Waals surface area contributed by atoms with Gasteiger partial charge in [-0.25, -0.2) is 8.78 Å². The van der Waals surface area contributed by atoms with Crippen molar-refractivity contribution in [3.8, 4) is 0 Å². The van der Waals surface area contributed by atoms with E-state index in [0.29, 0.717) is 4.47 Å². The summed E-state index contributed by atoms with van der Waals surface area (Å²) in [5.41, 5.74) is 0.220. The van der Waals surface area contributed by atoms with E-state index in [9.17, 15) is 13.9 Å². The molecular formula is C12H14BrF2NO. The van der Waals surface area contributed by atoms with Crippen molar-refractivity contribution in [1.29, 1.82) is 0 Å². The van der Waals surface area contributed by atoms with Crippen molar-refractivity contribution >= 4 is 21.6 Å². The molecule has 1 aromatic carbocycles. The fourth-order valence-electron chi connectivity index (χ4n) is 2.15. The van der Waals surface area contributed by atoms with Crippen LogP contribution < -0.4 is 5.32 Å². The van der Waals surface area contributed by atoms with E-state index >= 15 is 0 Å². The summed E-state index contributed by atoms with van der Waals surface area (Å²) in [6.07, 6.45) is 3.05. The third-order valence-electron chi connectivity index (χ3n) is 3.07. The summed E-state index contributed by atoms with van der Waals surface area (Å²) >= 11 is 3.12. The third kappa shape index (κ3) is 2.96. The van der Waals surface area contributed by atoms with Gasteiger partial charge < -0.3 is 10.4 Å². The second-order valence-corrected chi connectivity index (χ2v) is 5.20. The van der Waals surface area contributed by atoms with E-state index in [1.165, 1.54) is 6.07 Å². The van der Waals surface area contributed by atoms with Gasteiger partial charge in [0.25, 0.3) is 0 Å². The summed E-state index contributed by atoms with van der Waals surface area (Å²) in [4.78, 5) is 0. The van der Waals surface area contributed by atoms with Crippen LogP contribution in [0.2, 0.25) is 0 Å². The Kier molecular flexibility index (Phi) is 3.99. The molecular weight excluding hydrogens is 292 g/mol. The minimum atomic E-state index is -0.644. The smallest absolute Gasteiger partial charge is 0.150 e. The van der Waals surface area contributed by atoms with Crippen LogP contribution in [0.15, 0.2) is 16.6 Å². The van der Waals surface area contributed by atoms with Crippen molar-refractivity contribution in [2.45, 2.75) is 37.8 Å². The molecule has 94 valence electrons. The summed E-state index contributed by atoms with van der Waals surface area (Å²) in [6.45, 7) is 0. The Morgan fingerprint density at radius 2 is 1.94 bits per heavy atom. The van der Waals surface area contributed by atoms with Crippen molar-refractivity contribution in [2.24, 2.45) is 0 Å². The molecule has 5 heteroatoms. The van der Waals surface area contributed by atoms with Gasteiger partial charge in [0.15, 0.2) is 0 Å². The van der Waals surface area contributed by atoms with E-state index in [1.807, 2.05) is 0 Å². The average Bonchev–Trinajstić information content (AvgIpc) is 2.25. The molecule has 0 saturated heterocycles. The lowest BCUT2D eigenvalue weighted by Crippen LogP contribution is -2.36. The minimum Gasteiger partial charge on any atom is -0.391 e. The van der Waals surface area contributed by atoms with E-state index in [4.69, 9.17) is 0 Å². The lowest BCUT2D eigenvalue weighted by Gasteiger charge is -2.29. The lowest BCUT2D eigenvalue weighted by atomic mass is 9.92. The van der Waals surface area contributed by atoms with Crippen LogP contribution in [0.1, 0.15) is 25.7 Å². The van der Waals surface area contributed by atoms with Gasteiger partial charge in [0, 0.05) is 10.5 Å². The highest BCUT2D eigenvalue weighted by Crippen LogP contribution is 2.30. The van der Waals surface area contributed by atoms with Gasteiger partial charge in [0.1, 0.15) is 11.6 Å². The number of hydrogen-bond donors (Lipinski definition) is 2. The first-order valence-electron chi connectivity index (χ1n) is 5.67. The van der Waals surface area contributed by atoms with E-state index in [0.717, 1.165) is 31.7 Å². The van der Waals surface area contributed by atoms with Gasteiger partial charge in [-0.1, -0.05) is 12.8 Å². The molecule has 0 spiro atoms. The summed E-state index contributed by atoms with van der Waals surface area (Å²) in [5, 5.41) is 12.7. The monoisotopic (exact) mass is 305 g/mol. The van der Waals surface area contributed by atoms with E-state index < -0.39 is 17.7 Å². The molecule has 1 fully saturated rings. The molecule has 2 nitrogen and oxygen atoms in total. The maximum Gasteiger partial charge on any atom is 0.150 e. The normalized spacial score (nSPS) is 24.7. The lowest BCUT2D eigenvalue weighted by molar-refractivity contribution is 0.116. The molecule has 1 aliphatic rings. The van der Waals surface area contributed by atoms with Crippen LogP contribution in [0.4, 0.5) is 14.5 Å². The van der Waals surface area contributed by atoms with Crippen LogP contribution in [0, 0.1) is 11.6 Å². The predicted molar refractivity (Wildman–Crippen MR) is 65.9 cm³/mol. The Bertz CT molecular complexity index is 390. The first-order valence-corrected chi connectivity index (χ1v) is 6.46. The number of benzene rings is 1. The number of halogens is 3. The zero-order valence-electron chi connectivity index (χ0n) is 9.22. The fraction of sp³-hybridized carbons (Fsp3) is 0.500. The third-order valence-corrected chi connectivity index (χ3v) is 3.69. The molecule has 0 aliphatic heterocycles. The Labute approximate surface area is 107 Å². The quantitative estimate of drug-likeness (QED) is 0.877. The molecule has 1 saturated carbocycles. The first-order chi connectivity index (χ1) is 8.08. The molecule has 0 unspecified atom stereocenters. The number of nitrogens with one attached hydrogen (secondary N) is 1. The van der Waals surface area contributed by atoms with Crippen molar-refractivity contribution in [1.82, 2.24) is 0 Å². The van der Waals surface area contributed by atoms with Crippen molar-refractivity contribution in [3.05, 3.63) is 28.2 Å². The molecule has 0 amide bonds. The van der Waals surface area contributed by atoms with Crippen LogP contribution in [0.25, 0.3) is 0 Å². The van der Waals surface area contributed by atoms with E-state index in [2.05, 4.69) is 21.2 Å². The number of aliphatic hydroxyl groups is 1. The largest absolute Gasteiger partial charge is 0.391 e. The highest BCUT2D eigenvalue weighted by Gasteiger charge is 2.24. The topological polar surface area (TPSA) is 32.3 Å². The molecule has 0 bridgehead atoms. The summed E-state index contributed by atoms with van der Waals surface area (Å²) in [5.74, 6) is -1.27. The maximum atomic E-state index is 13.6. The van der Waals surface area contributed by atoms with E-state index in [1.54, 1.807) is 0 Å². The van der Waals surface area contributed by atoms with Crippen molar-refractivity contribution in [2.75, 3.05) is 5.32 Å². The molecule has 1 aliphatic carbocycles. The number of aliphatic hydroxyl groups excluding tert-OH is 1. The number of anilines is 1. The molecule has 2 N–H and O–H groups in total. The van der Waals surface area contributed by atoms with Crippen LogP contribution in [-0.2, 0) is 0 Å². The highest BCUT2D eigenvalue weighted by molar-refractivity contribution is 9.10. The summed E-state index contributed by atoms with van der Waals surface area (Å²) in [6, 6.07) is 1.88. The molecule has 0 radical (unpaired) electrons. The zero-order valence-corrected chi connectivity index (χ0v) is 10.8. The van der Waals surface area contributed by atoms with Crippen molar-refractivity contribution in [3.63, 3.8) is 0 Å². The highest BCUT2D eigenvalue weighted by atomic mass is 79.9. The van der Waals surface area contributed by atoms with Gasteiger partial charge in [-0.2, -0.15) is 0 Å². The van der Waals surface area contributed by atoms with Crippen LogP contribution in [-0.4, -0.2) is 17.3 Å². The molecule has 2 rings (SSSR count). The van der Waals surface area contributed by atoms with Gasteiger partial charge in [-0.05, 0) is 34.8 Å². The first kappa shape index (κ1) is 12.8. The molecule has 0 heterocycles. The molecule has 1 aromatic rings.